The van der Waals surface area contributed by atoms with Crippen molar-refractivity contribution in [3.8, 4) is 0 Å². The third-order valence-electron chi connectivity index (χ3n) is 6.59. The Labute approximate surface area is 195 Å². The summed E-state index contributed by atoms with van der Waals surface area (Å²) in [6, 6.07) is 11.0. The van der Waals surface area contributed by atoms with E-state index in [1.54, 1.807) is 0 Å². The Morgan fingerprint density at radius 3 is 2.74 bits per heavy atom. The summed E-state index contributed by atoms with van der Waals surface area (Å²) in [5, 5.41) is 16.0. The van der Waals surface area contributed by atoms with Crippen molar-refractivity contribution < 1.29 is 18.3 Å². The maximum Gasteiger partial charge on any atom is 0.298 e. The van der Waals surface area contributed by atoms with Crippen LogP contribution in [0.3, 0.4) is 0 Å². The van der Waals surface area contributed by atoms with Crippen LogP contribution in [0.4, 0.5) is 14.8 Å². The van der Waals surface area contributed by atoms with Crippen LogP contribution in [0.2, 0.25) is 0 Å². The van der Waals surface area contributed by atoms with Gasteiger partial charge in [0.1, 0.15) is 35.4 Å². The average Bonchev–Trinajstić information content (AvgIpc) is 3.42. The Balaban J connectivity index is 1.40. The molecule has 5 rings (SSSR count). The molecule has 4 aromatic rings. The lowest BCUT2D eigenvalue weighted by Gasteiger charge is -2.41. The lowest BCUT2D eigenvalue weighted by atomic mass is 9.85. The first-order chi connectivity index (χ1) is 16.4. The predicted octanol–water partition coefficient (Wildman–Crippen LogP) is 3.19. The molecule has 2 unspecified atom stereocenters. The summed E-state index contributed by atoms with van der Waals surface area (Å²) in [6.45, 7) is 4.48. The zero-order valence-electron chi connectivity index (χ0n) is 18.8. The van der Waals surface area contributed by atoms with Gasteiger partial charge < -0.3 is 14.4 Å². The minimum absolute atomic E-state index is 0.0250. The fourth-order valence-electron chi connectivity index (χ4n) is 4.66. The molecule has 2 aromatic heterocycles. The number of fused-ring (bicyclic) bond motifs is 1. The minimum Gasteiger partial charge on any atom is -0.423 e. The molecule has 2 aromatic carbocycles. The highest BCUT2D eigenvalue weighted by atomic mass is 19.1. The van der Waals surface area contributed by atoms with E-state index >= 15 is 0 Å². The summed E-state index contributed by atoms with van der Waals surface area (Å²) in [5.74, 6) is -1.49. The fourth-order valence-corrected chi connectivity index (χ4v) is 4.66. The molecule has 3 heterocycles. The Bertz CT molecular complexity index is 1230. The smallest absolute Gasteiger partial charge is 0.298 e. The lowest BCUT2D eigenvalue weighted by Crippen LogP contribution is -2.53. The van der Waals surface area contributed by atoms with Crippen LogP contribution in [0.25, 0.3) is 11.1 Å². The van der Waals surface area contributed by atoms with E-state index in [1.807, 2.05) is 31.2 Å². The topological polar surface area (TPSA) is 83.5 Å². The van der Waals surface area contributed by atoms with Crippen molar-refractivity contribution in [3.63, 3.8) is 0 Å². The highest BCUT2D eigenvalue weighted by Gasteiger charge is 2.42. The van der Waals surface area contributed by atoms with Crippen molar-refractivity contribution in [2.45, 2.75) is 31.5 Å². The highest BCUT2D eigenvalue weighted by molar-refractivity contribution is 5.74. The SMILES string of the molecule is CC(N1CCCN(c2nc3ccccc3o2)CC1)C(O)(Cn1cncn1)c1ccc(F)cc1F. The maximum atomic E-state index is 14.9. The summed E-state index contributed by atoms with van der Waals surface area (Å²) < 4.78 is 35.9. The van der Waals surface area contributed by atoms with E-state index in [4.69, 9.17) is 4.42 Å². The van der Waals surface area contributed by atoms with Gasteiger partial charge in [-0.1, -0.05) is 18.2 Å². The average molecular weight is 469 g/mol. The number of para-hydroxylation sites is 2. The number of hydrogen-bond donors (Lipinski definition) is 1. The van der Waals surface area contributed by atoms with Crippen LogP contribution in [-0.2, 0) is 12.1 Å². The van der Waals surface area contributed by atoms with Crippen LogP contribution in [0, 0.1) is 11.6 Å². The monoisotopic (exact) mass is 468 g/mol. The summed E-state index contributed by atoms with van der Waals surface area (Å²) in [7, 11) is 0. The summed E-state index contributed by atoms with van der Waals surface area (Å²) >= 11 is 0. The van der Waals surface area contributed by atoms with Crippen molar-refractivity contribution in [1.29, 1.82) is 0 Å². The van der Waals surface area contributed by atoms with Crippen molar-refractivity contribution in [2.24, 2.45) is 0 Å². The molecular formula is C24H26F2N6O2. The van der Waals surface area contributed by atoms with Crippen molar-refractivity contribution in [1.82, 2.24) is 24.6 Å². The molecule has 1 fully saturated rings. The van der Waals surface area contributed by atoms with Gasteiger partial charge in [-0.25, -0.2) is 18.4 Å². The van der Waals surface area contributed by atoms with E-state index in [2.05, 4.69) is 24.9 Å². The molecular weight excluding hydrogens is 442 g/mol. The molecule has 0 amide bonds. The molecule has 1 saturated heterocycles. The molecule has 10 heteroatoms. The number of rotatable bonds is 6. The van der Waals surface area contributed by atoms with Gasteiger partial charge in [-0.15, -0.1) is 0 Å². The molecule has 8 nitrogen and oxygen atoms in total. The minimum atomic E-state index is -1.67. The van der Waals surface area contributed by atoms with Gasteiger partial charge in [0.2, 0.25) is 0 Å². The molecule has 1 N–H and O–H groups in total. The van der Waals surface area contributed by atoms with E-state index < -0.39 is 23.3 Å². The first-order valence-electron chi connectivity index (χ1n) is 11.3. The molecule has 0 bridgehead atoms. The number of benzene rings is 2. The standard InChI is InChI=1S/C24H26F2N6O2/c1-17(24(33,14-32-16-27-15-28-32)19-8-7-18(25)13-20(19)26)30-9-4-10-31(12-11-30)23-29-21-5-2-3-6-22(21)34-23/h2-3,5-8,13,15-17,33H,4,9-12,14H2,1H3. The van der Waals surface area contributed by atoms with E-state index in [9.17, 15) is 13.9 Å². The van der Waals surface area contributed by atoms with Crippen LogP contribution >= 0.6 is 0 Å². The highest BCUT2D eigenvalue weighted by Crippen LogP contribution is 2.33. The first-order valence-corrected chi connectivity index (χ1v) is 11.3. The van der Waals surface area contributed by atoms with Gasteiger partial charge in [-0.2, -0.15) is 10.1 Å². The number of aromatic nitrogens is 4. The second kappa shape index (κ2) is 9.11. The maximum absolute atomic E-state index is 14.9. The van der Waals surface area contributed by atoms with Crippen LogP contribution in [0.15, 0.2) is 59.5 Å². The first kappa shape index (κ1) is 22.4. The third kappa shape index (κ3) is 4.26. The molecule has 1 aliphatic rings. The quantitative estimate of drug-likeness (QED) is 0.465. The van der Waals surface area contributed by atoms with E-state index in [0.717, 1.165) is 36.2 Å². The zero-order chi connectivity index (χ0) is 23.7. The molecule has 0 saturated carbocycles. The number of anilines is 1. The molecule has 0 spiro atoms. The van der Waals surface area contributed by atoms with Crippen LogP contribution in [0.5, 0.6) is 0 Å². The van der Waals surface area contributed by atoms with Crippen molar-refractivity contribution in [3.05, 3.63) is 72.3 Å². The number of nitrogens with zero attached hydrogens (tertiary/aromatic N) is 6. The van der Waals surface area contributed by atoms with Gasteiger partial charge >= 0.3 is 0 Å². The second-order valence-corrected chi connectivity index (χ2v) is 8.66. The van der Waals surface area contributed by atoms with E-state index in [1.165, 1.54) is 23.4 Å². The number of halogens is 2. The summed E-state index contributed by atoms with van der Waals surface area (Å²) in [5.41, 5.74) is -0.1000. The Hall–Kier alpha value is -3.37. The normalized spacial score (nSPS) is 18.1. The van der Waals surface area contributed by atoms with Crippen LogP contribution < -0.4 is 4.90 Å². The zero-order valence-corrected chi connectivity index (χ0v) is 18.8. The Morgan fingerprint density at radius 2 is 1.97 bits per heavy atom. The molecule has 1 aliphatic heterocycles. The predicted molar refractivity (Wildman–Crippen MR) is 122 cm³/mol. The number of oxazole rings is 1. The Kier molecular flexibility index (Phi) is 6.01. The number of aliphatic hydroxyl groups is 1. The third-order valence-corrected chi connectivity index (χ3v) is 6.59. The van der Waals surface area contributed by atoms with E-state index in [-0.39, 0.29) is 12.1 Å². The second-order valence-electron chi connectivity index (χ2n) is 8.66. The molecule has 2 atom stereocenters. The van der Waals surface area contributed by atoms with Crippen LogP contribution in [-0.4, -0.2) is 62.0 Å². The summed E-state index contributed by atoms with van der Waals surface area (Å²) in [6.07, 6.45) is 3.63. The van der Waals surface area contributed by atoms with Crippen LogP contribution in [0.1, 0.15) is 18.9 Å². The Morgan fingerprint density at radius 1 is 1.12 bits per heavy atom. The fraction of sp³-hybridized carbons (Fsp3) is 0.375. The van der Waals surface area contributed by atoms with Crippen molar-refractivity contribution in [2.75, 3.05) is 31.1 Å². The lowest BCUT2D eigenvalue weighted by molar-refractivity contribution is -0.0622. The van der Waals surface area contributed by atoms with Gasteiger partial charge in [0, 0.05) is 43.9 Å². The van der Waals surface area contributed by atoms with Gasteiger partial charge in [0.25, 0.3) is 6.01 Å². The molecule has 0 radical (unpaired) electrons. The molecule has 34 heavy (non-hydrogen) atoms. The van der Waals surface area contributed by atoms with Crippen molar-refractivity contribution >= 4 is 17.1 Å². The summed E-state index contributed by atoms with van der Waals surface area (Å²) in [4.78, 5) is 12.7. The van der Waals surface area contributed by atoms with Gasteiger partial charge in [-0.3, -0.25) is 4.90 Å². The van der Waals surface area contributed by atoms with E-state index in [0.29, 0.717) is 25.6 Å². The molecule has 178 valence electrons. The molecule has 0 aliphatic carbocycles. The van der Waals surface area contributed by atoms with Gasteiger partial charge in [-0.05, 0) is 31.5 Å². The largest absolute Gasteiger partial charge is 0.423 e. The number of hydrogen-bond acceptors (Lipinski definition) is 7. The van der Waals surface area contributed by atoms with Gasteiger partial charge in [0.15, 0.2) is 5.58 Å². The van der Waals surface area contributed by atoms with Gasteiger partial charge in [0.05, 0.1) is 6.54 Å².